The molecule has 3 aromatic rings. The molecule has 0 amide bonds. The van der Waals surface area contributed by atoms with Gasteiger partial charge in [0, 0.05) is 12.1 Å². The lowest BCUT2D eigenvalue weighted by Crippen LogP contribution is -2.15. The van der Waals surface area contributed by atoms with Crippen LogP contribution in [0.15, 0.2) is 54.4 Å². The van der Waals surface area contributed by atoms with Gasteiger partial charge >= 0.3 is 12.4 Å². The van der Waals surface area contributed by atoms with Crippen molar-refractivity contribution in [2.24, 2.45) is 5.73 Å². The highest BCUT2D eigenvalue weighted by molar-refractivity contribution is 5.92. The summed E-state index contributed by atoms with van der Waals surface area (Å²) in [5, 5.41) is 0. The molecule has 1 aromatic heterocycles. The van der Waals surface area contributed by atoms with Crippen LogP contribution in [-0.4, -0.2) is 16.1 Å². The number of rotatable bonds is 4. The smallest absolute Gasteiger partial charge is 0.327 e. The zero-order valence-electron chi connectivity index (χ0n) is 15.1. The largest absolute Gasteiger partial charge is 0.449 e. The van der Waals surface area contributed by atoms with Gasteiger partial charge < -0.3 is 10.3 Å². The molecule has 0 unspecified atom stereocenters. The van der Waals surface area contributed by atoms with Crippen LogP contribution in [0.5, 0.6) is 0 Å². The number of aromatic nitrogens is 2. The number of benzene rings is 2. The molecule has 3 nitrogen and oxygen atoms in total. The average Bonchev–Trinajstić information content (AvgIpc) is 3.00. The number of alkyl halides is 6. The standard InChI is InChI=1S/C19H14F7N3.ClH/c20-13(7-8-27)10-29-15-6-2-5-14(16(15)28-17(29)19(24,25)26)11-3-1-4-12(9-11)18(21,22)23;/h1-7,9H,8,10,27H2;1H/b13-7-;. The number of halogens is 8. The lowest BCUT2D eigenvalue weighted by Gasteiger charge is -2.11. The van der Waals surface area contributed by atoms with E-state index in [2.05, 4.69) is 4.98 Å². The van der Waals surface area contributed by atoms with Crippen molar-refractivity contribution in [3.63, 3.8) is 0 Å². The van der Waals surface area contributed by atoms with Gasteiger partial charge in [0.15, 0.2) is 0 Å². The molecule has 0 aliphatic rings. The molecule has 0 saturated carbocycles. The van der Waals surface area contributed by atoms with Crippen LogP contribution in [0, 0.1) is 0 Å². The first-order valence-corrected chi connectivity index (χ1v) is 8.31. The summed E-state index contributed by atoms with van der Waals surface area (Å²) in [6.07, 6.45) is -8.58. The van der Waals surface area contributed by atoms with Crippen LogP contribution in [0.2, 0.25) is 0 Å². The minimum absolute atomic E-state index is 0. The van der Waals surface area contributed by atoms with E-state index in [1.165, 1.54) is 24.3 Å². The Labute approximate surface area is 172 Å². The van der Waals surface area contributed by atoms with Gasteiger partial charge in [-0.05, 0) is 29.8 Å². The maximum Gasteiger partial charge on any atom is 0.449 e. The van der Waals surface area contributed by atoms with Gasteiger partial charge in [0.1, 0.15) is 5.83 Å². The third-order valence-electron chi connectivity index (χ3n) is 4.18. The maximum absolute atomic E-state index is 13.9. The van der Waals surface area contributed by atoms with E-state index in [9.17, 15) is 30.7 Å². The molecule has 0 radical (unpaired) electrons. The first-order valence-electron chi connectivity index (χ1n) is 8.31. The van der Waals surface area contributed by atoms with Crippen LogP contribution in [0.25, 0.3) is 22.2 Å². The van der Waals surface area contributed by atoms with Gasteiger partial charge in [-0.3, -0.25) is 0 Å². The molecule has 2 aromatic carbocycles. The Kier molecular flexibility index (Phi) is 6.83. The molecule has 1 heterocycles. The van der Waals surface area contributed by atoms with Gasteiger partial charge in [0.05, 0.1) is 23.1 Å². The van der Waals surface area contributed by atoms with E-state index in [1.54, 1.807) is 0 Å². The summed E-state index contributed by atoms with van der Waals surface area (Å²) in [4.78, 5) is 3.60. The van der Waals surface area contributed by atoms with Crippen LogP contribution in [0.3, 0.4) is 0 Å². The van der Waals surface area contributed by atoms with E-state index in [0.29, 0.717) is 4.57 Å². The number of para-hydroxylation sites is 1. The van der Waals surface area contributed by atoms with Crippen molar-refractivity contribution in [1.82, 2.24) is 9.55 Å². The summed E-state index contributed by atoms with van der Waals surface area (Å²) in [5.41, 5.74) is 4.11. The van der Waals surface area contributed by atoms with Crippen molar-refractivity contribution < 1.29 is 30.7 Å². The summed E-state index contributed by atoms with van der Waals surface area (Å²) in [5.74, 6) is -2.24. The minimum atomic E-state index is -4.90. The topological polar surface area (TPSA) is 43.8 Å². The van der Waals surface area contributed by atoms with E-state index in [0.717, 1.165) is 24.3 Å². The van der Waals surface area contributed by atoms with E-state index < -0.39 is 36.1 Å². The van der Waals surface area contributed by atoms with Crippen LogP contribution in [-0.2, 0) is 18.9 Å². The Morgan fingerprint density at radius 2 is 1.67 bits per heavy atom. The van der Waals surface area contributed by atoms with Crippen molar-refractivity contribution in [3.8, 4) is 11.1 Å². The van der Waals surface area contributed by atoms with Crippen molar-refractivity contribution in [1.29, 1.82) is 0 Å². The molecule has 0 fully saturated rings. The third-order valence-corrected chi connectivity index (χ3v) is 4.18. The molecule has 3 rings (SSSR count). The first kappa shape index (κ1) is 23.7. The van der Waals surface area contributed by atoms with Crippen molar-refractivity contribution in [2.75, 3.05) is 6.54 Å². The number of fused-ring (bicyclic) bond motifs is 1. The normalized spacial score (nSPS) is 12.9. The molecule has 30 heavy (non-hydrogen) atoms. The molecule has 11 heteroatoms. The van der Waals surface area contributed by atoms with Gasteiger partial charge in [0.2, 0.25) is 5.82 Å². The predicted molar refractivity (Wildman–Crippen MR) is 101 cm³/mol. The highest BCUT2D eigenvalue weighted by Gasteiger charge is 2.38. The SMILES string of the molecule is Cl.NC/C=C(\F)Cn1c(C(F)(F)F)nc2c(-c3cccc(C(F)(F)F)c3)cccc21. The maximum atomic E-state index is 13.9. The molecule has 2 N–H and O–H groups in total. The summed E-state index contributed by atoms with van der Waals surface area (Å²) in [6, 6.07) is 8.21. The fourth-order valence-corrected chi connectivity index (χ4v) is 2.96. The van der Waals surface area contributed by atoms with Gasteiger partial charge in [-0.25, -0.2) is 9.37 Å². The van der Waals surface area contributed by atoms with E-state index in [4.69, 9.17) is 5.73 Å². The minimum Gasteiger partial charge on any atom is -0.327 e. The van der Waals surface area contributed by atoms with E-state index >= 15 is 0 Å². The fourth-order valence-electron chi connectivity index (χ4n) is 2.96. The molecule has 0 atom stereocenters. The number of hydrogen-bond acceptors (Lipinski definition) is 2. The highest BCUT2D eigenvalue weighted by Crippen LogP contribution is 2.37. The first-order chi connectivity index (χ1) is 13.5. The quantitative estimate of drug-likeness (QED) is 0.494. The second-order valence-corrected chi connectivity index (χ2v) is 6.16. The molecule has 0 bridgehead atoms. The van der Waals surface area contributed by atoms with Crippen LogP contribution in [0.1, 0.15) is 11.4 Å². The average molecular weight is 454 g/mol. The van der Waals surface area contributed by atoms with Crippen molar-refractivity contribution >= 4 is 23.4 Å². The van der Waals surface area contributed by atoms with Gasteiger partial charge in [0.25, 0.3) is 0 Å². The van der Waals surface area contributed by atoms with E-state index in [1.807, 2.05) is 0 Å². The van der Waals surface area contributed by atoms with Crippen LogP contribution in [0.4, 0.5) is 30.7 Å². The zero-order valence-corrected chi connectivity index (χ0v) is 15.9. The van der Waals surface area contributed by atoms with E-state index in [-0.39, 0.29) is 41.1 Å². The van der Waals surface area contributed by atoms with Gasteiger partial charge in [-0.1, -0.05) is 24.3 Å². The van der Waals surface area contributed by atoms with Crippen molar-refractivity contribution in [2.45, 2.75) is 18.9 Å². The Hall–Kier alpha value is -2.59. The van der Waals surface area contributed by atoms with Crippen molar-refractivity contribution in [3.05, 3.63) is 65.8 Å². The number of imidazole rings is 1. The molecule has 0 aliphatic carbocycles. The number of nitrogens with zero attached hydrogens (tertiary/aromatic N) is 2. The summed E-state index contributed by atoms with van der Waals surface area (Å²) in [6.45, 7) is -0.954. The molecule has 162 valence electrons. The molecular weight excluding hydrogens is 439 g/mol. The number of allylic oxidation sites excluding steroid dienone is 1. The predicted octanol–water partition coefficient (Wildman–Crippen LogP) is 5.97. The van der Waals surface area contributed by atoms with Gasteiger partial charge in [-0.15, -0.1) is 12.4 Å². The summed E-state index contributed by atoms with van der Waals surface area (Å²) >= 11 is 0. The molecular formula is C19H15ClF7N3. The number of nitrogens with two attached hydrogens (primary N) is 1. The molecule has 0 spiro atoms. The highest BCUT2D eigenvalue weighted by atomic mass is 35.5. The number of hydrogen-bond donors (Lipinski definition) is 1. The van der Waals surface area contributed by atoms with Crippen LogP contribution < -0.4 is 5.73 Å². The lowest BCUT2D eigenvalue weighted by atomic mass is 10.0. The molecule has 0 aliphatic heterocycles. The fraction of sp³-hybridized carbons (Fsp3) is 0.211. The van der Waals surface area contributed by atoms with Gasteiger partial charge in [-0.2, -0.15) is 26.3 Å². The Morgan fingerprint density at radius 1 is 1.00 bits per heavy atom. The lowest BCUT2D eigenvalue weighted by molar-refractivity contribution is -0.146. The summed E-state index contributed by atoms with van der Waals surface area (Å²) in [7, 11) is 0. The third kappa shape index (κ3) is 4.76. The van der Waals surface area contributed by atoms with Crippen LogP contribution >= 0.6 is 12.4 Å². The zero-order chi connectivity index (χ0) is 21.4. The second kappa shape index (κ2) is 8.65. The Balaban J connectivity index is 0.00000320. The second-order valence-electron chi connectivity index (χ2n) is 6.16. The summed E-state index contributed by atoms with van der Waals surface area (Å²) < 4.78 is 94.0. The monoisotopic (exact) mass is 453 g/mol. The Bertz CT molecular complexity index is 1070. The Morgan fingerprint density at radius 3 is 2.27 bits per heavy atom. The molecule has 0 saturated heterocycles.